The van der Waals surface area contributed by atoms with E-state index in [0.717, 1.165) is 19.4 Å². The number of hydrogen-bond acceptors (Lipinski definition) is 1. The molecule has 0 fully saturated rings. The lowest BCUT2D eigenvalue weighted by Crippen LogP contribution is -2.39. The second-order valence-corrected chi connectivity index (χ2v) is 5.77. The zero-order valence-corrected chi connectivity index (χ0v) is 11.6. The van der Waals surface area contributed by atoms with Gasteiger partial charge in [0.2, 0.25) is 5.91 Å². The Morgan fingerprint density at radius 3 is 2.68 bits per heavy atom. The average molecular weight is 255 g/mol. The second kappa shape index (κ2) is 5.20. The largest absolute Gasteiger partial charge is 0.312 e. The lowest BCUT2D eigenvalue weighted by atomic mass is 9.84. The van der Waals surface area contributed by atoms with E-state index in [1.807, 2.05) is 18.2 Å². The van der Waals surface area contributed by atoms with Crippen molar-refractivity contribution >= 4 is 5.91 Å². The molecule has 2 aliphatic rings. The predicted octanol–water partition coefficient (Wildman–Crippen LogP) is 3.88. The number of allylic oxidation sites excluding steroid dienone is 2. The van der Waals surface area contributed by atoms with Gasteiger partial charge in [-0.1, -0.05) is 37.3 Å². The molecule has 2 nitrogen and oxygen atoms in total. The Morgan fingerprint density at radius 1 is 1.16 bits per heavy atom. The third-order valence-corrected chi connectivity index (χ3v) is 4.30. The highest BCUT2D eigenvalue weighted by atomic mass is 16.2. The van der Waals surface area contributed by atoms with Gasteiger partial charge in [0.1, 0.15) is 0 Å². The van der Waals surface area contributed by atoms with E-state index in [9.17, 15) is 4.79 Å². The lowest BCUT2D eigenvalue weighted by Gasteiger charge is -2.37. The van der Waals surface area contributed by atoms with Crippen molar-refractivity contribution in [3.63, 3.8) is 0 Å². The summed E-state index contributed by atoms with van der Waals surface area (Å²) in [7, 11) is 0. The van der Waals surface area contributed by atoms with Crippen LogP contribution in [-0.2, 0) is 11.3 Å². The molecule has 19 heavy (non-hydrogen) atoms. The Labute approximate surface area is 115 Å². The molecule has 0 saturated heterocycles. The Kier molecular flexibility index (Phi) is 3.41. The standard InChI is InChI=1S/C17H21NO/c1-13-11-15-9-5-6-10-16(15)18(17(13)19)12-14-7-3-2-4-8-14/h2-4,7-8,13H,5-6,9-12H2,1H3. The van der Waals surface area contributed by atoms with Crippen molar-refractivity contribution in [1.82, 2.24) is 4.90 Å². The van der Waals surface area contributed by atoms with Crippen molar-refractivity contribution in [1.29, 1.82) is 0 Å². The van der Waals surface area contributed by atoms with Gasteiger partial charge in [0, 0.05) is 11.6 Å². The highest BCUT2D eigenvalue weighted by molar-refractivity contribution is 5.82. The summed E-state index contributed by atoms with van der Waals surface area (Å²) in [4.78, 5) is 14.5. The van der Waals surface area contributed by atoms with E-state index in [-0.39, 0.29) is 5.92 Å². The van der Waals surface area contributed by atoms with E-state index in [1.165, 1.54) is 36.1 Å². The van der Waals surface area contributed by atoms with Gasteiger partial charge in [0.25, 0.3) is 0 Å². The molecule has 0 aromatic heterocycles. The van der Waals surface area contributed by atoms with Gasteiger partial charge in [-0.2, -0.15) is 0 Å². The Hall–Kier alpha value is -1.57. The van der Waals surface area contributed by atoms with E-state index in [0.29, 0.717) is 5.91 Å². The highest BCUT2D eigenvalue weighted by Crippen LogP contribution is 2.37. The van der Waals surface area contributed by atoms with Crippen LogP contribution in [0.3, 0.4) is 0 Å². The average Bonchev–Trinajstić information content (AvgIpc) is 2.45. The fraction of sp³-hybridized carbons (Fsp3) is 0.471. The maximum atomic E-state index is 12.5. The molecule has 0 N–H and O–H groups in total. The molecular formula is C17H21NO. The zero-order chi connectivity index (χ0) is 13.2. The highest BCUT2D eigenvalue weighted by Gasteiger charge is 2.32. The molecule has 1 aliphatic heterocycles. The normalized spacial score (nSPS) is 23.5. The summed E-state index contributed by atoms with van der Waals surface area (Å²) in [6.07, 6.45) is 5.78. The summed E-state index contributed by atoms with van der Waals surface area (Å²) in [5, 5.41) is 0. The third-order valence-electron chi connectivity index (χ3n) is 4.30. The molecule has 3 rings (SSSR count). The van der Waals surface area contributed by atoms with Gasteiger partial charge < -0.3 is 4.90 Å². The first-order valence-electron chi connectivity index (χ1n) is 7.32. The third kappa shape index (κ3) is 2.44. The number of nitrogens with zero attached hydrogens (tertiary/aromatic N) is 1. The lowest BCUT2D eigenvalue weighted by molar-refractivity contribution is -0.134. The molecule has 1 aliphatic carbocycles. The van der Waals surface area contributed by atoms with Crippen LogP contribution in [0.25, 0.3) is 0 Å². The number of benzene rings is 1. The van der Waals surface area contributed by atoms with Crippen molar-refractivity contribution in [3.8, 4) is 0 Å². The molecule has 0 radical (unpaired) electrons. The van der Waals surface area contributed by atoms with E-state index in [1.54, 1.807) is 0 Å². The molecule has 1 aromatic carbocycles. The van der Waals surface area contributed by atoms with Gasteiger partial charge >= 0.3 is 0 Å². The minimum Gasteiger partial charge on any atom is -0.312 e. The first-order valence-corrected chi connectivity index (χ1v) is 7.32. The van der Waals surface area contributed by atoms with Crippen LogP contribution in [0.4, 0.5) is 0 Å². The molecule has 1 amide bonds. The fourth-order valence-electron chi connectivity index (χ4n) is 3.29. The zero-order valence-electron chi connectivity index (χ0n) is 11.6. The Morgan fingerprint density at radius 2 is 1.89 bits per heavy atom. The minimum absolute atomic E-state index is 0.153. The van der Waals surface area contributed by atoms with Crippen LogP contribution < -0.4 is 0 Å². The summed E-state index contributed by atoms with van der Waals surface area (Å²) >= 11 is 0. The van der Waals surface area contributed by atoms with Crippen LogP contribution in [-0.4, -0.2) is 10.8 Å². The van der Waals surface area contributed by atoms with Gasteiger partial charge in [-0.05, 0) is 43.2 Å². The van der Waals surface area contributed by atoms with Crippen molar-refractivity contribution in [2.75, 3.05) is 0 Å². The Balaban J connectivity index is 1.90. The van der Waals surface area contributed by atoms with Crippen LogP contribution in [0.5, 0.6) is 0 Å². The van der Waals surface area contributed by atoms with Crippen molar-refractivity contribution < 1.29 is 4.79 Å². The molecular weight excluding hydrogens is 234 g/mol. The summed E-state index contributed by atoms with van der Waals surface area (Å²) in [6.45, 7) is 2.81. The smallest absolute Gasteiger partial charge is 0.230 e. The molecule has 0 saturated carbocycles. The van der Waals surface area contributed by atoms with Crippen LogP contribution in [0.15, 0.2) is 41.6 Å². The minimum atomic E-state index is 0.153. The molecule has 1 unspecified atom stereocenters. The van der Waals surface area contributed by atoms with Gasteiger partial charge in [-0.15, -0.1) is 0 Å². The van der Waals surface area contributed by atoms with Crippen molar-refractivity contribution in [2.24, 2.45) is 5.92 Å². The van der Waals surface area contributed by atoms with E-state index < -0.39 is 0 Å². The Bertz CT molecular complexity index is 503. The summed E-state index contributed by atoms with van der Waals surface area (Å²) in [5.41, 5.74) is 4.09. The molecule has 1 atom stereocenters. The molecule has 1 heterocycles. The van der Waals surface area contributed by atoms with Crippen LogP contribution in [0.2, 0.25) is 0 Å². The number of rotatable bonds is 2. The van der Waals surface area contributed by atoms with Gasteiger partial charge in [-0.3, -0.25) is 4.79 Å². The van der Waals surface area contributed by atoms with Gasteiger partial charge in [0.05, 0.1) is 6.54 Å². The van der Waals surface area contributed by atoms with Gasteiger partial charge in [0.15, 0.2) is 0 Å². The van der Waals surface area contributed by atoms with Crippen LogP contribution in [0.1, 0.15) is 44.6 Å². The van der Waals surface area contributed by atoms with Crippen molar-refractivity contribution in [3.05, 3.63) is 47.2 Å². The van der Waals surface area contributed by atoms with Crippen LogP contribution >= 0.6 is 0 Å². The first kappa shape index (κ1) is 12.5. The van der Waals surface area contributed by atoms with Crippen molar-refractivity contribution in [2.45, 2.75) is 45.6 Å². The molecule has 1 aromatic rings. The maximum absolute atomic E-state index is 12.5. The molecule has 0 spiro atoms. The van der Waals surface area contributed by atoms with E-state index in [4.69, 9.17) is 0 Å². The van der Waals surface area contributed by atoms with E-state index >= 15 is 0 Å². The second-order valence-electron chi connectivity index (χ2n) is 5.77. The number of hydrogen-bond donors (Lipinski definition) is 0. The summed E-state index contributed by atoms with van der Waals surface area (Å²) < 4.78 is 0. The summed E-state index contributed by atoms with van der Waals surface area (Å²) in [5.74, 6) is 0.463. The molecule has 2 heteroatoms. The van der Waals surface area contributed by atoms with E-state index in [2.05, 4.69) is 24.0 Å². The SMILES string of the molecule is CC1CC2=C(CCCC2)N(Cc2ccccc2)C1=O. The number of amides is 1. The number of carbonyl (C=O) groups excluding carboxylic acids is 1. The predicted molar refractivity (Wildman–Crippen MR) is 76.3 cm³/mol. The quantitative estimate of drug-likeness (QED) is 0.785. The number of carbonyl (C=O) groups is 1. The van der Waals surface area contributed by atoms with Gasteiger partial charge in [-0.25, -0.2) is 0 Å². The molecule has 0 bridgehead atoms. The topological polar surface area (TPSA) is 20.3 Å². The molecule has 100 valence electrons. The summed E-state index contributed by atoms with van der Waals surface area (Å²) in [6, 6.07) is 10.3. The first-order chi connectivity index (χ1) is 9.25. The van der Waals surface area contributed by atoms with Crippen LogP contribution in [0, 0.1) is 5.92 Å². The maximum Gasteiger partial charge on any atom is 0.230 e. The fourth-order valence-corrected chi connectivity index (χ4v) is 3.29. The monoisotopic (exact) mass is 255 g/mol.